The largest absolute Gasteiger partial charge is 0.481 e. The van der Waals surface area contributed by atoms with Gasteiger partial charge >= 0.3 is 12.0 Å². The molecule has 0 radical (unpaired) electrons. The van der Waals surface area contributed by atoms with Crippen molar-refractivity contribution in [2.45, 2.75) is 47.0 Å². The lowest BCUT2D eigenvalue weighted by atomic mass is 9.92. The second-order valence-corrected chi connectivity index (χ2v) is 7.13. The van der Waals surface area contributed by atoms with Crippen molar-refractivity contribution < 1.29 is 14.7 Å². The highest BCUT2D eigenvalue weighted by Gasteiger charge is 2.26. The number of likely N-dealkylation sites (tertiary alicyclic amines) is 1. The molecule has 0 spiro atoms. The van der Waals surface area contributed by atoms with Gasteiger partial charge in [-0.25, -0.2) is 4.79 Å². The van der Waals surface area contributed by atoms with Crippen LogP contribution in [0.25, 0.3) is 0 Å². The summed E-state index contributed by atoms with van der Waals surface area (Å²) in [6.07, 6.45) is 2.10. The van der Waals surface area contributed by atoms with Crippen molar-refractivity contribution in [2.24, 2.45) is 23.7 Å². The Kier molecular flexibility index (Phi) is 6.99. The van der Waals surface area contributed by atoms with Crippen LogP contribution in [-0.2, 0) is 4.79 Å². The van der Waals surface area contributed by atoms with Gasteiger partial charge in [0.2, 0.25) is 0 Å². The Hall–Kier alpha value is -1.26. The summed E-state index contributed by atoms with van der Waals surface area (Å²) >= 11 is 0. The van der Waals surface area contributed by atoms with Crippen LogP contribution < -0.4 is 5.32 Å². The Bertz CT molecular complexity index is 347. The average molecular weight is 298 g/mol. The number of nitrogens with zero attached hydrogens (tertiary/aromatic N) is 1. The molecule has 0 aromatic rings. The molecule has 5 nitrogen and oxygen atoms in total. The monoisotopic (exact) mass is 298 g/mol. The fourth-order valence-electron chi connectivity index (χ4n) is 3.32. The van der Waals surface area contributed by atoms with Crippen molar-refractivity contribution in [2.75, 3.05) is 19.6 Å². The van der Waals surface area contributed by atoms with Crippen LogP contribution in [-0.4, -0.2) is 41.6 Å². The summed E-state index contributed by atoms with van der Waals surface area (Å²) in [6, 6.07) is -0.0486. The summed E-state index contributed by atoms with van der Waals surface area (Å²) in [5, 5.41) is 11.9. The maximum atomic E-state index is 12.2. The van der Waals surface area contributed by atoms with E-state index < -0.39 is 5.97 Å². The number of rotatable bonds is 6. The van der Waals surface area contributed by atoms with Crippen molar-refractivity contribution in [1.82, 2.24) is 10.2 Å². The average Bonchev–Trinajstić information content (AvgIpc) is 2.32. The Morgan fingerprint density at radius 2 is 1.81 bits per heavy atom. The molecule has 0 aromatic heterocycles. The SMILES string of the molecule is CC(C)C[C@H](CNC(=O)N1CC(C)CC(C)C1)CC(=O)O. The molecule has 1 heterocycles. The molecule has 0 saturated carbocycles. The molecule has 0 aromatic carbocycles. The number of amides is 2. The van der Waals surface area contributed by atoms with Gasteiger partial charge in [-0.1, -0.05) is 27.7 Å². The summed E-state index contributed by atoms with van der Waals surface area (Å²) < 4.78 is 0. The molecule has 122 valence electrons. The molecule has 2 N–H and O–H groups in total. The first-order valence-corrected chi connectivity index (χ1v) is 8.02. The predicted octanol–water partition coefficient (Wildman–Crippen LogP) is 2.81. The van der Waals surface area contributed by atoms with Crippen molar-refractivity contribution >= 4 is 12.0 Å². The molecule has 0 aliphatic carbocycles. The lowest BCUT2D eigenvalue weighted by Crippen LogP contribution is -2.48. The predicted molar refractivity (Wildman–Crippen MR) is 83.1 cm³/mol. The summed E-state index contributed by atoms with van der Waals surface area (Å²) in [5.41, 5.74) is 0. The molecule has 2 amide bonds. The van der Waals surface area contributed by atoms with Crippen molar-refractivity contribution in [1.29, 1.82) is 0 Å². The van der Waals surface area contributed by atoms with E-state index in [1.807, 2.05) is 4.90 Å². The van der Waals surface area contributed by atoms with E-state index in [0.29, 0.717) is 24.3 Å². The Balaban J connectivity index is 2.46. The Morgan fingerprint density at radius 3 is 2.29 bits per heavy atom. The maximum absolute atomic E-state index is 12.2. The zero-order chi connectivity index (χ0) is 16.0. The van der Waals surface area contributed by atoms with Crippen LogP contribution in [0.4, 0.5) is 4.79 Å². The van der Waals surface area contributed by atoms with Crippen LogP contribution in [0.15, 0.2) is 0 Å². The summed E-state index contributed by atoms with van der Waals surface area (Å²) in [6.45, 7) is 10.5. The number of urea groups is 1. The van der Waals surface area contributed by atoms with Gasteiger partial charge in [0.05, 0.1) is 0 Å². The van der Waals surface area contributed by atoms with Crippen LogP contribution in [0.2, 0.25) is 0 Å². The molecule has 0 bridgehead atoms. The van der Waals surface area contributed by atoms with Gasteiger partial charge in [0, 0.05) is 26.1 Å². The van der Waals surface area contributed by atoms with Crippen molar-refractivity contribution in [3.05, 3.63) is 0 Å². The number of carboxylic acid groups (broad SMARTS) is 1. The van der Waals surface area contributed by atoms with Gasteiger partial charge in [0.25, 0.3) is 0 Å². The highest BCUT2D eigenvalue weighted by atomic mass is 16.4. The zero-order valence-corrected chi connectivity index (χ0v) is 13.8. The lowest BCUT2D eigenvalue weighted by molar-refractivity contribution is -0.138. The molecule has 1 aliphatic heterocycles. The molecule has 2 unspecified atom stereocenters. The molecule has 1 saturated heterocycles. The van der Waals surface area contributed by atoms with Gasteiger partial charge in [-0.3, -0.25) is 4.79 Å². The number of hydrogen-bond acceptors (Lipinski definition) is 2. The van der Waals surface area contributed by atoms with Gasteiger partial charge in [-0.15, -0.1) is 0 Å². The van der Waals surface area contributed by atoms with Crippen LogP contribution in [0.1, 0.15) is 47.0 Å². The van der Waals surface area contributed by atoms with E-state index in [1.54, 1.807) is 0 Å². The van der Waals surface area contributed by atoms with Crippen LogP contribution in [0.5, 0.6) is 0 Å². The molecular weight excluding hydrogens is 268 g/mol. The molecule has 1 rings (SSSR count). The first-order valence-electron chi connectivity index (χ1n) is 8.02. The van der Waals surface area contributed by atoms with Crippen molar-refractivity contribution in [3.8, 4) is 0 Å². The number of carboxylic acids is 1. The highest BCUT2D eigenvalue weighted by molar-refractivity contribution is 5.74. The number of carbonyl (C=O) groups is 2. The van der Waals surface area contributed by atoms with Crippen LogP contribution >= 0.6 is 0 Å². The summed E-state index contributed by atoms with van der Waals surface area (Å²) in [4.78, 5) is 25.0. The fourth-order valence-corrected chi connectivity index (χ4v) is 3.32. The van der Waals surface area contributed by atoms with E-state index in [2.05, 4.69) is 33.0 Å². The third-order valence-corrected chi connectivity index (χ3v) is 3.97. The molecule has 1 aliphatic rings. The zero-order valence-electron chi connectivity index (χ0n) is 13.8. The first-order chi connectivity index (χ1) is 9.77. The van der Waals surface area contributed by atoms with Gasteiger partial charge < -0.3 is 15.3 Å². The van der Waals surface area contributed by atoms with E-state index >= 15 is 0 Å². The standard InChI is InChI=1S/C16H30N2O3/c1-11(2)5-14(7-15(19)20)8-17-16(21)18-9-12(3)6-13(4)10-18/h11-14H,5-10H2,1-4H3,(H,17,21)(H,19,20)/t12?,13?,14-/m0/s1. The molecule has 5 heteroatoms. The second-order valence-electron chi connectivity index (χ2n) is 7.13. The topological polar surface area (TPSA) is 69.6 Å². The molecule has 3 atom stereocenters. The van der Waals surface area contributed by atoms with E-state index in [9.17, 15) is 9.59 Å². The van der Waals surface area contributed by atoms with E-state index in [1.165, 1.54) is 6.42 Å². The maximum Gasteiger partial charge on any atom is 0.317 e. The first kappa shape index (κ1) is 17.8. The third kappa shape index (κ3) is 6.82. The molecule has 21 heavy (non-hydrogen) atoms. The third-order valence-electron chi connectivity index (χ3n) is 3.97. The minimum absolute atomic E-state index is 0.00564. The quantitative estimate of drug-likeness (QED) is 0.792. The van der Waals surface area contributed by atoms with Gasteiger partial charge in [-0.2, -0.15) is 0 Å². The normalized spacial score (nSPS) is 24.0. The molecule has 1 fully saturated rings. The minimum Gasteiger partial charge on any atom is -0.481 e. The Labute approximate surface area is 128 Å². The number of carbonyl (C=O) groups excluding carboxylic acids is 1. The van der Waals surface area contributed by atoms with E-state index in [4.69, 9.17) is 5.11 Å². The smallest absolute Gasteiger partial charge is 0.317 e. The van der Waals surface area contributed by atoms with Gasteiger partial charge in [-0.05, 0) is 36.5 Å². The number of hydrogen-bond donors (Lipinski definition) is 2. The molecular formula is C16H30N2O3. The fraction of sp³-hybridized carbons (Fsp3) is 0.875. The van der Waals surface area contributed by atoms with Gasteiger partial charge in [0.15, 0.2) is 0 Å². The van der Waals surface area contributed by atoms with Gasteiger partial charge in [0.1, 0.15) is 0 Å². The number of piperidine rings is 1. The minimum atomic E-state index is -0.796. The number of aliphatic carboxylic acids is 1. The van der Waals surface area contributed by atoms with E-state index in [-0.39, 0.29) is 18.4 Å². The number of nitrogens with one attached hydrogen (secondary N) is 1. The van der Waals surface area contributed by atoms with Crippen LogP contribution in [0, 0.1) is 23.7 Å². The van der Waals surface area contributed by atoms with Crippen molar-refractivity contribution in [3.63, 3.8) is 0 Å². The second kappa shape index (κ2) is 8.25. The Morgan fingerprint density at radius 1 is 1.24 bits per heavy atom. The highest BCUT2D eigenvalue weighted by Crippen LogP contribution is 2.21. The van der Waals surface area contributed by atoms with E-state index in [0.717, 1.165) is 19.5 Å². The lowest BCUT2D eigenvalue weighted by Gasteiger charge is -2.35. The van der Waals surface area contributed by atoms with Crippen LogP contribution in [0.3, 0.4) is 0 Å². The summed E-state index contributed by atoms with van der Waals surface area (Å²) in [5.74, 6) is 0.706. The summed E-state index contributed by atoms with van der Waals surface area (Å²) in [7, 11) is 0.